The van der Waals surface area contributed by atoms with Crippen molar-refractivity contribution in [3.8, 4) is 0 Å². The fourth-order valence-electron chi connectivity index (χ4n) is 3.76. The van der Waals surface area contributed by atoms with Gasteiger partial charge in [0.15, 0.2) is 5.78 Å². The minimum absolute atomic E-state index is 0.00482. The molecule has 2 N–H and O–H groups in total. The molecule has 0 bridgehead atoms. The standard InChI is InChI=1S/C26H46N2O8/c1-19(2)24(31)9-10-25(32)27-11-12-34-13-14-35-18-22(29)7-5-6-8-26(33)28-16-23(30)15-21(28)17-36-20(3)4/h19-21,23,30H,5-18H2,1-4H3,(H,27,32)/t21-,23-/m0/s1. The molecule has 0 unspecified atom stereocenters. The zero-order valence-corrected chi connectivity index (χ0v) is 22.5. The number of ketones is 2. The lowest BCUT2D eigenvalue weighted by Gasteiger charge is -2.25. The summed E-state index contributed by atoms with van der Waals surface area (Å²) >= 11 is 0. The molecule has 0 radical (unpaired) electrons. The van der Waals surface area contributed by atoms with Gasteiger partial charge in [-0.05, 0) is 33.1 Å². The van der Waals surface area contributed by atoms with Gasteiger partial charge in [-0.1, -0.05) is 13.8 Å². The summed E-state index contributed by atoms with van der Waals surface area (Å²) in [6.45, 7) is 9.55. The highest BCUT2D eigenvalue weighted by molar-refractivity contribution is 5.85. The highest BCUT2D eigenvalue weighted by Gasteiger charge is 2.34. The van der Waals surface area contributed by atoms with Gasteiger partial charge in [0.25, 0.3) is 0 Å². The molecule has 1 saturated heterocycles. The van der Waals surface area contributed by atoms with Crippen molar-refractivity contribution in [3.63, 3.8) is 0 Å². The largest absolute Gasteiger partial charge is 0.391 e. The molecule has 1 aliphatic rings. The first-order valence-corrected chi connectivity index (χ1v) is 13.2. The molecule has 208 valence electrons. The Morgan fingerprint density at radius 1 is 0.944 bits per heavy atom. The number of hydrogen-bond acceptors (Lipinski definition) is 8. The number of likely N-dealkylation sites (tertiary alicyclic amines) is 1. The Hall–Kier alpha value is -1.88. The van der Waals surface area contributed by atoms with Crippen LogP contribution in [0, 0.1) is 5.92 Å². The predicted octanol–water partition coefficient (Wildman–Crippen LogP) is 1.66. The summed E-state index contributed by atoms with van der Waals surface area (Å²) < 4.78 is 16.3. The monoisotopic (exact) mass is 514 g/mol. The van der Waals surface area contributed by atoms with E-state index in [1.807, 2.05) is 27.7 Å². The van der Waals surface area contributed by atoms with Crippen LogP contribution in [0.4, 0.5) is 0 Å². The second-order valence-electron chi connectivity index (χ2n) is 9.85. The van der Waals surface area contributed by atoms with Gasteiger partial charge in [-0.15, -0.1) is 0 Å². The van der Waals surface area contributed by atoms with Gasteiger partial charge in [-0.2, -0.15) is 0 Å². The molecule has 1 rings (SSSR count). The summed E-state index contributed by atoms with van der Waals surface area (Å²) in [6, 6.07) is -0.0937. The first kappa shape index (κ1) is 32.1. The molecule has 0 aromatic carbocycles. The van der Waals surface area contributed by atoms with E-state index in [1.165, 1.54) is 0 Å². The summed E-state index contributed by atoms with van der Waals surface area (Å²) in [7, 11) is 0. The lowest BCUT2D eigenvalue weighted by atomic mass is 10.0. The fraction of sp³-hybridized carbons (Fsp3) is 0.846. The number of ether oxygens (including phenoxy) is 3. The summed E-state index contributed by atoms with van der Waals surface area (Å²) in [6.07, 6.45) is 2.44. The normalized spacial score (nSPS) is 17.7. The maximum Gasteiger partial charge on any atom is 0.222 e. The number of aliphatic hydroxyl groups is 1. The molecule has 1 aliphatic heterocycles. The van der Waals surface area contributed by atoms with Crippen LogP contribution in [0.1, 0.15) is 72.6 Å². The molecule has 10 nitrogen and oxygen atoms in total. The van der Waals surface area contributed by atoms with Crippen molar-refractivity contribution in [2.24, 2.45) is 5.92 Å². The summed E-state index contributed by atoms with van der Waals surface area (Å²) in [5.41, 5.74) is 0. The molecule has 0 aliphatic carbocycles. The number of carbonyl (C=O) groups is 4. The van der Waals surface area contributed by atoms with Gasteiger partial charge in [-0.3, -0.25) is 19.2 Å². The maximum atomic E-state index is 12.5. The van der Waals surface area contributed by atoms with E-state index in [2.05, 4.69) is 5.32 Å². The quantitative estimate of drug-likeness (QED) is 0.235. The number of amides is 2. The van der Waals surface area contributed by atoms with Gasteiger partial charge >= 0.3 is 0 Å². The number of unbranched alkanes of at least 4 members (excludes halogenated alkanes) is 1. The molecular formula is C26H46N2O8. The van der Waals surface area contributed by atoms with Crippen molar-refractivity contribution in [1.82, 2.24) is 10.2 Å². The fourth-order valence-corrected chi connectivity index (χ4v) is 3.76. The van der Waals surface area contributed by atoms with E-state index < -0.39 is 6.10 Å². The number of rotatable bonds is 20. The highest BCUT2D eigenvalue weighted by atomic mass is 16.5. The summed E-state index contributed by atoms with van der Waals surface area (Å²) in [4.78, 5) is 49.4. The van der Waals surface area contributed by atoms with E-state index in [0.29, 0.717) is 65.0 Å². The molecule has 2 amide bonds. The number of carbonyl (C=O) groups excluding carboxylic acids is 4. The molecule has 1 fully saturated rings. The zero-order chi connectivity index (χ0) is 26.9. The molecule has 0 aromatic heterocycles. The van der Waals surface area contributed by atoms with Gasteiger partial charge in [0.2, 0.25) is 11.8 Å². The van der Waals surface area contributed by atoms with Crippen LogP contribution < -0.4 is 5.32 Å². The Balaban J connectivity index is 2.01. The van der Waals surface area contributed by atoms with Gasteiger partial charge in [0, 0.05) is 44.7 Å². The number of aliphatic hydroxyl groups excluding tert-OH is 1. The number of nitrogens with one attached hydrogen (secondary N) is 1. The number of Topliss-reactive ketones (excluding diaryl/α,β-unsaturated/α-hetero) is 2. The Labute approximate surface area is 215 Å². The average molecular weight is 515 g/mol. The topological polar surface area (TPSA) is 131 Å². The van der Waals surface area contributed by atoms with Gasteiger partial charge in [0.1, 0.15) is 12.4 Å². The van der Waals surface area contributed by atoms with Gasteiger partial charge in [0.05, 0.1) is 44.7 Å². The first-order valence-electron chi connectivity index (χ1n) is 13.2. The zero-order valence-electron chi connectivity index (χ0n) is 22.5. The van der Waals surface area contributed by atoms with Crippen LogP contribution in [0.2, 0.25) is 0 Å². The van der Waals surface area contributed by atoms with Crippen LogP contribution in [0.15, 0.2) is 0 Å². The third-order valence-corrected chi connectivity index (χ3v) is 5.88. The van der Waals surface area contributed by atoms with Gasteiger partial charge in [-0.25, -0.2) is 0 Å². The maximum absolute atomic E-state index is 12.5. The van der Waals surface area contributed by atoms with Crippen LogP contribution in [-0.2, 0) is 33.4 Å². The minimum Gasteiger partial charge on any atom is -0.391 e. The lowest BCUT2D eigenvalue weighted by Crippen LogP contribution is -2.39. The Morgan fingerprint density at radius 3 is 2.33 bits per heavy atom. The number of hydrogen-bond donors (Lipinski definition) is 2. The molecule has 10 heteroatoms. The number of β-amino-alcohol motifs (C(OH)–C–C–N with tert-alkyl or cyclic N) is 1. The van der Waals surface area contributed by atoms with Crippen LogP contribution in [0.25, 0.3) is 0 Å². The molecule has 0 aromatic rings. The van der Waals surface area contributed by atoms with Crippen LogP contribution >= 0.6 is 0 Å². The van der Waals surface area contributed by atoms with Crippen molar-refractivity contribution in [2.45, 2.75) is 90.9 Å². The second kappa shape index (κ2) is 18.4. The van der Waals surface area contributed by atoms with Crippen molar-refractivity contribution in [1.29, 1.82) is 0 Å². The Morgan fingerprint density at radius 2 is 1.64 bits per heavy atom. The molecule has 0 saturated carbocycles. The molecule has 36 heavy (non-hydrogen) atoms. The van der Waals surface area contributed by atoms with E-state index in [1.54, 1.807) is 4.90 Å². The van der Waals surface area contributed by atoms with E-state index in [4.69, 9.17) is 14.2 Å². The SMILES string of the molecule is CC(C)OC[C@@H]1C[C@H](O)CN1C(=O)CCCCC(=O)COCCOCCNC(=O)CCC(=O)C(C)C. The summed E-state index contributed by atoms with van der Waals surface area (Å²) in [5, 5.41) is 12.6. The first-order chi connectivity index (χ1) is 17.1. The third kappa shape index (κ3) is 14.6. The average Bonchev–Trinajstić information content (AvgIpc) is 3.20. The van der Waals surface area contributed by atoms with Gasteiger partial charge < -0.3 is 29.5 Å². The van der Waals surface area contributed by atoms with Crippen LogP contribution in [0.3, 0.4) is 0 Å². The molecule has 1 heterocycles. The van der Waals surface area contributed by atoms with Crippen LogP contribution in [0.5, 0.6) is 0 Å². The van der Waals surface area contributed by atoms with E-state index >= 15 is 0 Å². The summed E-state index contributed by atoms with van der Waals surface area (Å²) in [5.74, 6) is -0.189. The Bertz CT molecular complexity index is 683. The molecule has 2 atom stereocenters. The molecular weight excluding hydrogens is 468 g/mol. The van der Waals surface area contributed by atoms with Crippen molar-refractivity contribution < 1.29 is 38.5 Å². The molecule has 0 spiro atoms. The van der Waals surface area contributed by atoms with Crippen molar-refractivity contribution >= 4 is 23.4 Å². The van der Waals surface area contributed by atoms with E-state index in [0.717, 1.165) is 0 Å². The lowest BCUT2D eigenvalue weighted by molar-refractivity contribution is -0.134. The van der Waals surface area contributed by atoms with E-state index in [9.17, 15) is 24.3 Å². The van der Waals surface area contributed by atoms with Crippen molar-refractivity contribution in [2.75, 3.05) is 46.1 Å². The third-order valence-electron chi connectivity index (χ3n) is 5.88. The Kier molecular flexibility index (Phi) is 16.4. The van der Waals surface area contributed by atoms with Crippen LogP contribution in [-0.4, -0.2) is 97.8 Å². The van der Waals surface area contributed by atoms with E-state index in [-0.39, 0.29) is 67.5 Å². The highest BCUT2D eigenvalue weighted by Crippen LogP contribution is 2.20. The smallest absolute Gasteiger partial charge is 0.222 e. The predicted molar refractivity (Wildman–Crippen MR) is 134 cm³/mol. The minimum atomic E-state index is -0.511. The second-order valence-corrected chi connectivity index (χ2v) is 9.85. The van der Waals surface area contributed by atoms with Crippen molar-refractivity contribution in [3.05, 3.63) is 0 Å². The number of nitrogens with zero attached hydrogens (tertiary/aromatic N) is 1.